The summed E-state index contributed by atoms with van der Waals surface area (Å²) in [5.74, 6) is 3.06. The average Bonchev–Trinajstić information content (AvgIpc) is 3.03. The van der Waals surface area contributed by atoms with Crippen LogP contribution >= 0.6 is 0 Å². The Morgan fingerprint density at radius 2 is 1.69 bits per heavy atom. The number of rotatable bonds is 2. The number of aliphatic hydroxyl groups excluding tert-OH is 2. The van der Waals surface area contributed by atoms with E-state index in [9.17, 15) is 10.2 Å². The summed E-state index contributed by atoms with van der Waals surface area (Å²) in [6, 6.07) is 8.63. The van der Waals surface area contributed by atoms with Crippen LogP contribution in [0.1, 0.15) is 70.3 Å². The lowest BCUT2D eigenvalue weighted by Crippen LogP contribution is -2.53. The van der Waals surface area contributed by atoms with Crippen molar-refractivity contribution in [2.45, 2.75) is 76.9 Å². The molecular formula is C26H36O3. The summed E-state index contributed by atoms with van der Waals surface area (Å²) in [5, 5.41) is 21.3. The fourth-order valence-corrected chi connectivity index (χ4v) is 7.78. The quantitative estimate of drug-likeness (QED) is 0.686. The van der Waals surface area contributed by atoms with Gasteiger partial charge >= 0.3 is 0 Å². The Labute approximate surface area is 175 Å². The first-order valence-electron chi connectivity index (χ1n) is 11.6. The Morgan fingerprint density at radius 3 is 2.41 bits per heavy atom. The van der Waals surface area contributed by atoms with E-state index in [-0.39, 0.29) is 23.0 Å². The van der Waals surface area contributed by atoms with Crippen molar-refractivity contribution in [2.24, 2.45) is 28.6 Å². The van der Waals surface area contributed by atoms with Gasteiger partial charge in [-0.3, -0.25) is 0 Å². The molecule has 29 heavy (non-hydrogen) atoms. The summed E-state index contributed by atoms with van der Waals surface area (Å²) in [4.78, 5) is 0. The lowest BCUT2D eigenvalue weighted by Gasteiger charge is -2.59. The van der Waals surface area contributed by atoms with Gasteiger partial charge in [0.15, 0.2) is 0 Å². The summed E-state index contributed by atoms with van der Waals surface area (Å²) >= 11 is 0. The number of methoxy groups -OCH3 is 1. The van der Waals surface area contributed by atoms with Gasteiger partial charge in [0.05, 0.1) is 19.3 Å². The van der Waals surface area contributed by atoms with Gasteiger partial charge in [0, 0.05) is 5.92 Å². The minimum Gasteiger partial charge on any atom is -0.497 e. The van der Waals surface area contributed by atoms with E-state index in [2.05, 4.69) is 44.2 Å². The number of hydrogen-bond donors (Lipinski definition) is 2. The summed E-state index contributed by atoms with van der Waals surface area (Å²) < 4.78 is 5.40. The van der Waals surface area contributed by atoms with Crippen LogP contribution < -0.4 is 4.74 Å². The molecule has 3 unspecified atom stereocenters. The molecule has 3 heteroatoms. The second-order valence-corrected chi connectivity index (χ2v) is 10.7. The molecule has 0 heterocycles. The van der Waals surface area contributed by atoms with Gasteiger partial charge in [-0.05, 0) is 91.2 Å². The van der Waals surface area contributed by atoms with Crippen LogP contribution in [-0.2, 0) is 0 Å². The predicted octanol–water partition coefficient (Wildman–Crippen LogP) is 5.07. The van der Waals surface area contributed by atoms with Crippen LogP contribution in [-0.4, -0.2) is 29.5 Å². The highest BCUT2D eigenvalue weighted by Gasteiger charge is 2.60. The molecule has 0 bridgehead atoms. The molecular weight excluding hydrogens is 360 g/mol. The molecule has 158 valence electrons. The zero-order chi connectivity index (χ0) is 20.4. The highest BCUT2D eigenvalue weighted by atomic mass is 16.5. The largest absolute Gasteiger partial charge is 0.497 e. The molecule has 4 aliphatic rings. The van der Waals surface area contributed by atoms with E-state index in [1.54, 1.807) is 7.11 Å². The minimum atomic E-state index is -0.190. The van der Waals surface area contributed by atoms with Crippen LogP contribution in [0.3, 0.4) is 0 Å². The highest BCUT2D eigenvalue weighted by Crippen LogP contribution is 2.67. The smallest absolute Gasteiger partial charge is 0.118 e. The Morgan fingerprint density at radius 1 is 0.931 bits per heavy atom. The van der Waals surface area contributed by atoms with E-state index in [0.29, 0.717) is 23.7 Å². The second kappa shape index (κ2) is 6.85. The number of hydrogen-bond acceptors (Lipinski definition) is 3. The van der Waals surface area contributed by atoms with E-state index in [1.807, 2.05) is 0 Å². The first-order valence-corrected chi connectivity index (χ1v) is 11.6. The van der Waals surface area contributed by atoms with Crippen LogP contribution in [0, 0.1) is 28.6 Å². The third-order valence-electron chi connectivity index (χ3n) is 9.58. The zero-order valence-electron chi connectivity index (χ0n) is 18.1. The molecule has 3 fully saturated rings. The number of fused-ring (bicyclic) bond motifs is 5. The third kappa shape index (κ3) is 2.84. The maximum atomic E-state index is 10.9. The molecule has 8 atom stereocenters. The molecule has 0 aliphatic heterocycles. The Balaban J connectivity index is 1.62. The van der Waals surface area contributed by atoms with Crippen LogP contribution in [0.15, 0.2) is 35.9 Å². The van der Waals surface area contributed by atoms with Gasteiger partial charge in [-0.1, -0.05) is 37.6 Å². The molecule has 1 aromatic carbocycles. The van der Waals surface area contributed by atoms with Crippen molar-refractivity contribution in [3.8, 4) is 5.75 Å². The van der Waals surface area contributed by atoms with E-state index < -0.39 is 0 Å². The van der Waals surface area contributed by atoms with E-state index in [4.69, 9.17) is 4.74 Å². The zero-order valence-corrected chi connectivity index (χ0v) is 18.1. The lowest BCUT2D eigenvalue weighted by atomic mass is 9.45. The van der Waals surface area contributed by atoms with Crippen molar-refractivity contribution >= 4 is 0 Å². The summed E-state index contributed by atoms with van der Waals surface area (Å²) in [5.41, 5.74) is 3.12. The number of allylic oxidation sites excluding steroid dienone is 1. The average molecular weight is 397 g/mol. The van der Waals surface area contributed by atoms with Crippen molar-refractivity contribution in [1.82, 2.24) is 0 Å². The van der Waals surface area contributed by atoms with Gasteiger partial charge in [-0.15, -0.1) is 0 Å². The molecule has 0 amide bonds. The molecule has 5 rings (SSSR count). The van der Waals surface area contributed by atoms with Gasteiger partial charge in [0.2, 0.25) is 0 Å². The number of aliphatic hydroxyl groups is 2. The molecule has 1 aromatic rings. The maximum absolute atomic E-state index is 10.9. The molecule has 0 aromatic heterocycles. The third-order valence-corrected chi connectivity index (χ3v) is 9.58. The topological polar surface area (TPSA) is 49.7 Å². The van der Waals surface area contributed by atoms with Gasteiger partial charge < -0.3 is 14.9 Å². The minimum absolute atomic E-state index is 0.0573. The Kier molecular flexibility index (Phi) is 4.64. The van der Waals surface area contributed by atoms with Crippen molar-refractivity contribution < 1.29 is 14.9 Å². The van der Waals surface area contributed by atoms with E-state index in [1.165, 1.54) is 17.6 Å². The van der Waals surface area contributed by atoms with Crippen LogP contribution in [0.2, 0.25) is 0 Å². The van der Waals surface area contributed by atoms with Gasteiger partial charge in [0.25, 0.3) is 0 Å². The van der Waals surface area contributed by atoms with E-state index in [0.717, 1.165) is 44.3 Å². The normalized spacial score (nSPS) is 46.3. The van der Waals surface area contributed by atoms with Crippen LogP contribution in [0.25, 0.3) is 0 Å². The number of ether oxygens (including phenoxy) is 1. The standard InChI is InChI=1S/C26H36O3/c1-25-12-10-18(27)14-17(25)15-20(16-4-6-19(29-3)7-5-16)24-21-8-9-23(28)26(21,2)13-11-22(24)25/h4-7,15,18,20-24,27-28H,8-14H2,1-3H3/t18?,20?,21-,22+,23?,24-,25-,26-/m0/s1. The number of benzene rings is 1. The van der Waals surface area contributed by atoms with Crippen LogP contribution in [0.4, 0.5) is 0 Å². The van der Waals surface area contributed by atoms with Crippen molar-refractivity contribution in [3.05, 3.63) is 41.5 Å². The maximum Gasteiger partial charge on any atom is 0.118 e. The van der Waals surface area contributed by atoms with Gasteiger partial charge in [-0.2, -0.15) is 0 Å². The van der Waals surface area contributed by atoms with Crippen LogP contribution in [0.5, 0.6) is 5.75 Å². The second-order valence-electron chi connectivity index (χ2n) is 10.7. The van der Waals surface area contributed by atoms with Crippen molar-refractivity contribution in [2.75, 3.05) is 7.11 Å². The Bertz CT molecular complexity index is 799. The van der Waals surface area contributed by atoms with Crippen molar-refractivity contribution in [1.29, 1.82) is 0 Å². The highest BCUT2D eigenvalue weighted by molar-refractivity contribution is 5.38. The first-order chi connectivity index (χ1) is 13.9. The summed E-state index contributed by atoms with van der Waals surface area (Å²) in [6.07, 6.45) is 9.47. The molecule has 2 N–H and O–H groups in total. The fourth-order valence-electron chi connectivity index (χ4n) is 7.78. The van der Waals surface area contributed by atoms with E-state index >= 15 is 0 Å². The molecule has 0 saturated heterocycles. The first kappa shape index (κ1) is 19.6. The summed E-state index contributed by atoms with van der Waals surface area (Å²) in [6.45, 7) is 4.82. The van der Waals surface area contributed by atoms with Gasteiger partial charge in [-0.25, -0.2) is 0 Å². The predicted molar refractivity (Wildman–Crippen MR) is 115 cm³/mol. The molecule has 0 spiro atoms. The SMILES string of the molecule is COc1ccc(C2C=C3CC(O)CC[C@]3(C)[C@@H]3CC[C@]4(C)C(O)CC[C@H]4[C@H]23)cc1. The Hall–Kier alpha value is -1.32. The fraction of sp³-hybridized carbons (Fsp3) is 0.692. The molecule has 3 nitrogen and oxygen atoms in total. The molecule has 3 saturated carbocycles. The monoisotopic (exact) mass is 396 g/mol. The lowest BCUT2D eigenvalue weighted by molar-refractivity contribution is -0.0772. The van der Waals surface area contributed by atoms with Gasteiger partial charge in [0.1, 0.15) is 5.75 Å². The molecule has 0 radical (unpaired) electrons. The van der Waals surface area contributed by atoms with Crippen molar-refractivity contribution in [3.63, 3.8) is 0 Å². The summed E-state index contributed by atoms with van der Waals surface area (Å²) in [7, 11) is 1.72. The molecule has 4 aliphatic carbocycles.